The third-order valence-corrected chi connectivity index (χ3v) is 4.48. The predicted molar refractivity (Wildman–Crippen MR) is 74.1 cm³/mol. The maximum Gasteiger partial charge on any atom is 0.226 e. The van der Waals surface area contributed by atoms with Gasteiger partial charge in [-0.25, -0.2) is 0 Å². The molecule has 0 aromatic carbocycles. The van der Waals surface area contributed by atoms with Crippen molar-refractivity contribution in [2.45, 2.75) is 51.9 Å². The van der Waals surface area contributed by atoms with Crippen LogP contribution in [0.3, 0.4) is 0 Å². The summed E-state index contributed by atoms with van der Waals surface area (Å²) >= 11 is 0. The van der Waals surface area contributed by atoms with E-state index in [0.29, 0.717) is 24.7 Å². The highest BCUT2D eigenvalue weighted by Gasteiger charge is 2.30. The molecular formula is C15H21N3O2. The first-order valence-corrected chi connectivity index (χ1v) is 7.41. The second-order valence-electron chi connectivity index (χ2n) is 6.46. The molecular weight excluding hydrogens is 254 g/mol. The molecule has 2 aliphatic rings. The van der Waals surface area contributed by atoms with E-state index in [9.17, 15) is 9.59 Å². The average Bonchev–Trinajstić information content (AvgIpc) is 2.71. The Kier molecular flexibility index (Phi) is 3.36. The van der Waals surface area contributed by atoms with Gasteiger partial charge in [-0.3, -0.25) is 20.0 Å². The number of aromatic nitrogens is 2. The normalized spacial score (nSPS) is 27.3. The van der Waals surface area contributed by atoms with Gasteiger partial charge in [0.15, 0.2) is 0 Å². The largest absolute Gasteiger partial charge is 0.296 e. The van der Waals surface area contributed by atoms with Crippen molar-refractivity contribution in [3.63, 3.8) is 0 Å². The number of aromatic amines is 1. The van der Waals surface area contributed by atoms with Gasteiger partial charge in [-0.1, -0.05) is 13.8 Å². The average molecular weight is 275 g/mol. The van der Waals surface area contributed by atoms with E-state index in [0.717, 1.165) is 18.5 Å². The van der Waals surface area contributed by atoms with Gasteiger partial charge in [0.2, 0.25) is 11.8 Å². The topological polar surface area (TPSA) is 74.8 Å². The first-order chi connectivity index (χ1) is 9.52. The van der Waals surface area contributed by atoms with E-state index in [1.54, 1.807) is 0 Å². The minimum atomic E-state index is -0.152. The molecule has 0 radical (unpaired) electrons. The van der Waals surface area contributed by atoms with Gasteiger partial charge in [0.1, 0.15) is 0 Å². The van der Waals surface area contributed by atoms with Crippen LogP contribution in [0.5, 0.6) is 0 Å². The number of H-pyrrole nitrogens is 1. The number of nitrogens with one attached hydrogen (secondary N) is 2. The van der Waals surface area contributed by atoms with Crippen molar-refractivity contribution in [1.29, 1.82) is 0 Å². The fourth-order valence-corrected chi connectivity index (χ4v) is 3.66. The fraction of sp³-hybridized carbons (Fsp3) is 0.667. The molecule has 5 heteroatoms. The summed E-state index contributed by atoms with van der Waals surface area (Å²) in [6.07, 6.45) is 3.86. The lowest BCUT2D eigenvalue weighted by Crippen LogP contribution is -2.39. The SMILES string of the molecule is C[C@@H]1Cc2c(n[nH]c2CC2CC(=O)NC(=O)C2)[C@H](C)C1. The van der Waals surface area contributed by atoms with E-state index in [4.69, 9.17) is 0 Å². The smallest absolute Gasteiger partial charge is 0.226 e. The van der Waals surface area contributed by atoms with E-state index < -0.39 is 0 Å². The van der Waals surface area contributed by atoms with E-state index in [1.807, 2.05) is 0 Å². The van der Waals surface area contributed by atoms with Gasteiger partial charge >= 0.3 is 0 Å². The minimum Gasteiger partial charge on any atom is -0.296 e. The molecule has 0 spiro atoms. The molecule has 1 aliphatic heterocycles. The van der Waals surface area contributed by atoms with Crippen LogP contribution in [0.15, 0.2) is 0 Å². The Bertz CT molecular complexity index is 533. The summed E-state index contributed by atoms with van der Waals surface area (Å²) in [7, 11) is 0. The van der Waals surface area contributed by atoms with Crippen LogP contribution in [0.2, 0.25) is 0 Å². The third-order valence-electron chi connectivity index (χ3n) is 4.48. The Labute approximate surface area is 118 Å². The maximum atomic E-state index is 11.4. The molecule has 3 rings (SSSR count). The molecule has 1 fully saturated rings. The summed E-state index contributed by atoms with van der Waals surface area (Å²) in [5.74, 6) is 0.969. The number of imide groups is 1. The van der Waals surface area contributed by atoms with Crippen molar-refractivity contribution >= 4 is 11.8 Å². The van der Waals surface area contributed by atoms with Crippen molar-refractivity contribution in [2.24, 2.45) is 11.8 Å². The quantitative estimate of drug-likeness (QED) is 0.807. The van der Waals surface area contributed by atoms with Crippen LogP contribution < -0.4 is 5.32 Å². The molecule has 1 aromatic rings. The van der Waals surface area contributed by atoms with Crippen molar-refractivity contribution in [3.05, 3.63) is 17.0 Å². The molecule has 1 aliphatic carbocycles. The summed E-state index contributed by atoms with van der Waals surface area (Å²) in [4.78, 5) is 22.9. The Hall–Kier alpha value is -1.65. The second-order valence-corrected chi connectivity index (χ2v) is 6.46. The van der Waals surface area contributed by atoms with Crippen LogP contribution in [0, 0.1) is 11.8 Å². The van der Waals surface area contributed by atoms with Crippen molar-refractivity contribution in [3.8, 4) is 0 Å². The number of carbonyl (C=O) groups is 2. The first kappa shape index (κ1) is 13.3. The number of nitrogens with zero attached hydrogens (tertiary/aromatic N) is 1. The zero-order valence-corrected chi connectivity index (χ0v) is 12.0. The van der Waals surface area contributed by atoms with Crippen LogP contribution in [-0.4, -0.2) is 22.0 Å². The highest BCUT2D eigenvalue weighted by atomic mass is 16.2. The summed E-state index contributed by atoms with van der Waals surface area (Å²) in [5, 5.41) is 9.98. The van der Waals surface area contributed by atoms with Gasteiger partial charge in [-0.15, -0.1) is 0 Å². The molecule has 2 amide bonds. The first-order valence-electron chi connectivity index (χ1n) is 7.41. The molecule has 2 atom stereocenters. The fourth-order valence-electron chi connectivity index (χ4n) is 3.66. The Morgan fingerprint density at radius 3 is 2.55 bits per heavy atom. The maximum absolute atomic E-state index is 11.4. The predicted octanol–water partition coefficient (Wildman–Crippen LogP) is 1.69. The number of amides is 2. The molecule has 108 valence electrons. The molecule has 0 bridgehead atoms. The lowest BCUT2D eigenvalue weighted by Gasteiger charge is -2.25. The number of hydrogen-bond donors (Lipinski definition) is 2. The Morgan fingerprint density at radius 2 is 1.85 bits per heavy atom. The van der Waals surface area contributed by atoms with Gasteiger partial charge in [0.25, 0.3) is 0 Å². The Morgan fingerprint density at radius 1 is 1.15 bits per heavy atom. The van der Waals surface area contributed by atoms with Gasteiger partial charge < -0.3 is 0 Å². The highest BCUT2D eigenvalue weighted by Crippen LogP contribution is 2.35. The van der Waals surface area contributed by atoms with Crippen molar-refractivity contribution in [1.82, 2.24) is 15.5 Å². The van der Waals surface area contributed by atoms with Crippen LogP contribution in [0.25, 0.3) is 0 Å². The standard InChI is InChI=1S/C15H21N3O2/c1-8-3-9(2)15-11(4-8)12(17-18-15)5-10-6-13(19)16-14(20)7-10/h8-10H,3-7H2,1-2H3,(H,17,18)(H,16,19,20)/t8-,9+/m0/s1. The lowest BCUT2D eigenvalue weighted by atomic mass is 9.80. The van der Waals surface area contributed by atoms with Gasteiger partial charge in [0.05, 0.1) is 5.69 Å². The molecule has 0 saturated carbocycles. The van der Waals surface area contributed by atoms with Gasteiger partial charge in [-0.05, 0) is 36.7 Å². The minimum absolute atomic E-state index is 0.105. The molecule has 20 heavy (non-hydrogen) atoms. The second kappa shape index (κ2) is 5.04. The molecule has 1 aromatic heterocycles. The van der Waals surface area contributed by atoms with Crippen molar-refractivity contribution in [2.75, 3.05) is 0 Å². The number of carbonyl (C=O) groups excluding carboxylic acids is 2. The van der Waals surface area contributed by atoms with Crippen LogP contribution in [0.4, 0.5) is 0 Å². The zero-order chi connectivity index (χ0) is 14.3. The molecule has 2 N–H and O–H groups in total. The molecule has 0 unspecified atom stereocenters. The van der Waals surface area contributed by atoms with Gasteiger partial charge in [0, 0.05) is 24.5 Å². The Balaban J connectivity index is 1.78. The highest BCUT2D eigenvalue weighted by molar-refractivity contribution is 5.97. The monoisotopic (exact) mass is 275 g/mol. The van der Waals surface area contributed by atoms with Crippen LogP contribution >= 0.6 is 0 Å². The summed E-state index contributed by atoms with van der Waals surface area (Å²) < 4.78 is 0. The van der Waals surface area contributed by atoms with Crippen LogP contribution in [-0.2, 0) is 22.4 Å². The zero-order valence-electron chi connectivity index (χ0n) is 12.0. The van der Waals surface area contributed by atoms with E-state index in [1.165, 1.54) is 17.7 Å². The van der Waals surface area contributed by atoms with E-state index in [2.05, 4.69) is 29.4 Å². The van der Waals surface area contributed by atoms with Gasteiger partial charge in [-0.2, -0.15) is 5.10 Å². The summed E-state index contributed by atoms with van der Waals surface area (Å²) in [6, 6.07) is 0. The number of piperidine rings is 1. The lowest BCUT2D eigenvalue weighted by molar-refractivity contribution is -0.134. The van der Waals surface area contributed by atoms with Crippen molar-refractivity contribution < 1.29 is 9.59 Å². The summed E-state index contributed by atoms with van der Waals surface area (Å²) in [6.45, 7) is 4.49. The van der Waals surface area contributed by atoms with E-state index >= 15 is 0 Å². The molecule has 5 nitrogen and oxygen atoms in total. The molecule has 1 saturated heterocycles. The third kappa shape index (κ3) is 2.49. The summed E-state index contributed by atoms with van der Waals surface area (Å²) in [5.41, 5.74) is 3.64. The number of hydrogen-bond acceptors (Lipinski definition) is 3. The number of fused-ring (bicyclic) bond motifs is 1. The van der Waals surface area contributed by atoms with E-state index in [-0.39, 0.29) is 17.7 Å². The van der Waals surface area contributed by atoms with Crippen LogP contribution in [0.1, 0.15) is 56.0 Å². The molecule has 2 heterocycles. The number of rotatable bonds is 2.